The predicted octanol–water partition coefficient (Wildman–Crippen LogP) is 1.71. The zero-order valence-electron chi connectivity index (χ0n) is 13.7. The summed E-state index contributed by atoms with van der Waals surface area (Å²) in [7, 11) is -4.62. The van der Waals surface area contributed by atoms with Gasteiger partial charge >= 0.3 is 5.76 Å². The highest BCUT2D eigenvalue weighted by Crippen LogP contribution is 2.28. The van der Waals surface area contributed by atoms with Crippen molar-refractivity contribution in [1.29, 1.82) is 0 Å². The molecule has 1 aromatic carbocycles. The van der Waals surface area contributed by atoms with Gasteiger partial charge in [-0.2, -0.15) is 8.78 Å². The van der Waals surface area contributed by atoms with Crippen molar-refractivity contribution in [1.82, 2.24) is 4.90 Å². The van der Waals surface area contributed by atoms with Crippen LogP contribution in [0.3, 0.4) is 0 Å². The van der Waals surface area contributed by atoms with Crippen LogP contribution >= 0.6 is 12.4 Å². The number of nitrogens with one attached hydrogen (secondary N) is 1. The van der Waals surface area contributed by atoms with Crippen LogP contribution in [0.1, 0.15) is 13.3 Å². The van der Waals surface area contributed by atoms with Crippen LogP contribution in [-0.2, 0) is 14.6 Å². The van der Waals surface area contributed by atoms with E-state index in [9.17, 15) is 22.0 Å². The Hall–Kier alpha value is -1.29. The lowest BCUT2D eigenvalue weighted by molar-refractivity contribution is -0.117. The molecular weight excluding hydrogens is 376 g/mol. The summed E-state index contributed by atoms with van der Waals surface area (Å²) in [5.41, 5.74) is 6.10. The minimum Gasteiger partial charge on any atom is -0.330 e. The maximum atomic E-state index is 12.5. The van der Waals surface area contributed by atoms with Crippen molar-refractivity contribution in [3.05, 3.63) is 24.3 Å². The third-order valence-corrected chi connectivity index (χ3v) is 5.60. The Balaban J connectivity index is 0.00000312. The van der Waals surface area contributed by atoms with Gasteiger partial charge in [-0.3, -0.25) is 9.69 Å². The standard InChI is InChI=1S/C15H21F2N3O3S.ClH/c1-15(9-18)6-7-20(10-15)8-13(21)19-11-2-4-12(5-3-11)24(22,23)14(16)17;/h2-5,14H,6-10,18H2,1H3,(H,19,21);1H. The summed E-state index contributed by atoms with van der Waals surface area (Å²) in [5.74, 6) is -3.72. The van der Waals surface area contributed by atoms with Gasteiger partial charge in [0.2, 0.25) is 15.7 Å². The Labute approximate surface area is 152 Å². The molecular formula is C15H22ClF2N3O3S. The number of carbonyl (C=O) groups is 1. The zero-order valence-corrected chi connectivity index (χ0v) is 15.4. The Morgan fingerprint density at radius 1 is 1.36 bits per heavy atom. The van der Waals surface area contributed by atoms with Gasteiger partial charge in [-0.25, -0.2) is 8.42 Å². The number of rotatable bonds is 6. The van der Waals surface area contributed by atoms with Crippen LogP contribution in [0.4, 0.5) is 14.5 Å². The van der Waals surface area contributed by atoms with E-state index in [1.54, 1.807) is 0 Å². The number of likely N-dealkylation sites (tertiary alicyclic amines) is 1. The number of benzene rings is 1. The SMILES string of the molecule is CC1(CN)CCN(CC(=O)Nc2ccc(S(=O)(=O)C(F)F)cc2)C1.Cl. The molecule has 1 aromatic rings. The number of anilines is 1. The van der Waals surface area contributed by atoms with Crippen LogP contribution in [0.25, 0.3) is 0 Å². The van der Waals surface area contributed by atoms with Gasteiger partial charge in [0.15, 0.2) is 0 Å². The molecule has 142 valence electrons. The molecule has 25 heavy (non-hydrogen) atoms. The van der Waals surface area contributed by atoms with Gasteiger partial charge in [0, 0.05) is 12.2 Å². The van der Waals surface area contributed by atoms with Crippen molar-refractivity contribution in [3.63, 3.8) is 0 Å². The second-order valence-corrected chi connectivity index (χ2v) is 8.27. The lowest BCUT2D eigenvalue weighted by Gasteiger charge is -2.22. The number of amides is 1. The Bertz CT molecular complexity index is 700. The largest absolute Gasteiger partial charge is 0.341 e. The molecule has 1 amide bonds. The van der Waals surface area contributed by atoms with Crippen LogP contribution in [0.2, 0.25) is 0 Å². The Morgan fingerprint density at radius 3 is 2.44 bits per heavy atom. The van der Waals surface area contributed by atoms with E-state index in [0.29, 0.717) is 12.2 Å². The van der Waals surface area contributed by atoms with Gasteiger partial charge in [-0.05, 0) is 49.2 Å². The number of halogens is 3. The van der Waals surface area contributed by atoms with Crippen molar-refractivity contribution in [3.8, 4) is 0 Å². The van der Waals surface area contributed by atoms with E-state index in [1.807, 2.05) is 4.90 Å². The van der Waals surface area contributed by atoms with Gasteiger partial charge in [-0.1, -0.05) is 6.92 Å². The molecule has 1 fully saturated rings. The molecule has 0 bridgehead atoms. The van der Waals surface area contributed by atoms with E-state index in [1.165, 1.54) is 12.1 Å². The molecule has 1 aliphatic heterocycles. The van der Waals surface area contributed by atoms with Crippen molar-refractivity contribution in [2.24, 2.45) is 11.1 Å². The summed E-state index contributed by atoms with van der Waals surface area (Å²) in [4.78, 5) is 13.6. The maximum Gasteiger partial charge on any atom is 0.341 e. The molecule has 6 nitrogen and oxygen atoms in total. The normalized spacial score (nSPS) is 21.2. The van der Waals surface area contributed by atoms with Crippen LogP contribution < -0.4 is 11.1 Å². The molecule has 1 aliphatic rings. The number of alkyl halides is 2. The third kappa shape index (κ3) is 5.34. The quantitative estimate of drug-likeness (QED) is 0.762. The number of nitrogens with two attached hydrogens (primary N) is 1. The highest BCUT2D eigenvalue weighted by molar-refractivity contribution is 7.91. The highest BCUT2D eigenvalue weighted by Gasteiger charge is 2.33. The Morgan fingerprint density at radius 2 is 1.96 bits per heavy atom. The minimum absolute atomic E-state index is 0. The fraction of sp³-hybridized carbons (Fsp3) is 0.533. The van der Waals surface area contributed by atoms with E-state index in [4.69, 9.17) is 5.73 Å². The van der Waals surface area contributed by atoms with Crippen molar-refractivity contribution in [2.45, 2.75) is 24.0 Å². The number of hydrogen-bond acceptors (Lipinski definition) is 5. The van der Waals surface area contributed by atoms with E-state index in [2.05, 4.69) is 12.2 Å². The first-order valence-electron chi connectivity index (χ1n) is 7.51. The first-order chi connectivity index (χ1) is 11.2. The summed E-state index contributed by atoms with van der Waals surface area (Å²) >= 11 is 0. The average Bonchev–Trinajstić information content (AvgIpc) is 2.89. The highest BCUT2D eigenvalue weighted by atomic mass is 35.5. The zero-order chi connectivity index (χ0) is 18.0. The van der Waals surface area contributed by atoms with Gasteiger partial charge in [0.05, 0.1) is 11.4 Å². The second kappa shape index (κ2) is 8.39. The van der Waals surface area contributed by atoms with Crippen molar-refractivity contribution >= 4 is 33.8 Å². The van der Waals surface area contributed by atoms with Gasteiger partial charge in [-0.15, -0.1) is 12.4 Å². The van der Waals surface area contributed by atoms with Crippen LogP contribution in [0, 0.1) is 5.41 Å². The molecule has 1 saturated heterocycles. The molecule has 3 N–H and O–H groups in total. The molecule has 0 aromatic heterocycles. The molecule has 0 radical (unpaired) electrons. The average molecular weight is 398 g/mol. The molecule has 1 unspecified atom stereocenters. The Kier molecular flexibility index (Phi) is 7.30. The monoisotopic (exact) mass is 397 g/mol. The first-order valence-corrected chi connectivity index (χ1v) is 9.05. The summed E-state index contributed by atoms with van der Waals surface area (Å²) in [6.45, 7) is 4.36. The lowest BCUT2D eigenvalue weighted by atomic mass is 9.90. The molecule has 0 saturated carbocycles. The van der Waals surface area contributed by atoms with E-state index < -0.39 is 20.5 Å². The fourth-order valence-electron chi connectivity index (χ4n) is 2.66. The number of sulfone groups is 1. The van der Waals surface area contributed by atoms with Crippen molar-refractivity contribution in [2.75, 3.05) is 31.5 Å². The van der Waals surface area contributed by atoms with Crippen molar-refractivity contribution < 1.29 is 22.0 Å². The van der Waals surface area contributed by atoms with Crippen LogP contribution in [-0.4, -0.2) is 51.2 Å². The number of hydrogen-bond donors (Lipinski definition) is 2. The molecule has 2 rings (SSSR count). The third-order valence-electron chi connectivity index (χ3n) is 4.20. The maximum absolute atomic E-state index is 12.5. The van der Waals surface area contributed by atoms with E-state index >= 15 is 0 Å². The minimum atomic E-state index is -4.62. The smallest absolute Gasteiger partial charge is 0.330 e. The topological polar surface area (TPSA) is 92.5 Å². The second-order valence-electron chi connectivity index (χ2n) is 6.35. The number of carbonyl (C=O) groups excluding carboxylic acids is 1. The first kappa shape index (κ1) is 21.8. The van der Waals surface area contributed by atoms with E-state index in [-0.39, 0.29) is 30.3 Å². The fourth-order valence-corrected chi connectivity index (χ4v) is 3.38. The summed E-state index contributed by atoms with van der Waals surface area (Å²) < 4.78 is 47.6. The molecule has 0 aliphatic carbocycles. The molecule has 0 spiro atoms. The van der Waals surface area contributed by atoms with Crippen LogP contribution in [0.15, 0.2) is 29.2 Å². The van der Waals surface area contributed by atoms with Gasteiger partial charge in [0.25, 0.3) is 0 Å². The summed E-state index contributed by atoms with van der Waals surface area (Å²) in [5, 5.41) is 2.63. The molecule has 1 heterocycles. The van der Waals surface area contributed by atoms with Crippen LogP contribution in [0.5, 0.6) is 0 Å². The molecule has 10 heteroatoms. The lowest BCUT2D eigenvalue weighted by Crippen LogP contribution is -2.35. The van der Waals surface area contributed by atoms with Gasteiger partial charge in [0.1, 0.15) is 0 Å². The predicted molar refractivity (Wildman–Crippen MR) is 93.7 cm³/mol. The summed E-state index contributed by atoms with van der Waals surface area (Å²) in [6, 6.07) is 4.69. The molecule has 1 atom stereocenters. The van der Waals surface area contributed by atoms with E-state index in [0.717, 1.165) is 31.6 Å². The summed E-state index contributed by atoms with van der Waals surface area (Å²) in [6.07, 6.45) is 0.928. The van der Waals surface area contributed by atoms with Gasteiger partial charge < -0.3 is 11.1 Å². The number of nitrogens with zero attached hydrogens (tertiary/aromatic N) is 1.